The van der Waals surface area contributed by atoms with Crippen LogP contribution in [0.4, 0.5) is 0 Å². The van der Waals surface area contributed by atoms with Gasteiger partial charge in [0.05, 0.1) is 6.61 Å². The standard InChI is InChI=1S/C12H12O2/c1-13-8-12-7-6-11(14-12)9-4-2-3-5-10(9)12/h2-7,11H,8H2,1H3/t11-,12-/m0/s1. The Morgan fingerprint density at radius 3 is 3.14 bits per heavy atom. The van der Waals surface area contributed by atoms with Crippen molar-refractivity contribution in [3.05, 3.63) is 47.5 Å². The second kappa shape index (κ2) is 2.69. The molecule has 0 saturated heterocycles. The van der Waals surface area contributed by atoms with Crippen LogP contribution in [0.25, 0.3) is 0 Å². The van der Waals surface area contributed by atoms with Gasteiger partial charge in [0.15, 0.2) is 0 Å². The first-order valence-electron chi connectivity index (χ1n) is 4.81. The van der Waals surface area contributed by atoms with Gasteiger partial charge in [0.25, 0.3) is 0 Å². The lowest BCUT2D eigenvalue weighted by atomic mass is 9.88. The molecule has 0 amide bonds. The Morgan fingerprint density at radius 1 is 1.43 bits per heavy atom. The van der Waals surface area contributed by atoms with Gasteiger partial charge in [-0.2, -0.15) is 0 Å². The summed E-state index contributed by atoms with van der Waals surface area (Å²) in [6, 6.07) is 8.35. The lowest BCUT2D eigenvalue weighted by Gasteiger charge is -2.22. The Bertz CT molecular complexity index is 397. The molecule has 1 aromatic rings. The van der Waals surface area contributed by atoms with E-state index < -0.39 is 0 Å². The minimum absolute atomic E-state index is 0.140. The molecule has 0 unspecified atom stereocenters. The normalized spacial score (nSPS) is 32.2. The van der Waals surface area contributed by atoms with E-state index in [1.807, 2.05) is 6.07 Å². The van der Waals surface area contributed by atoms with Crippen LogP contribution < -0.4 is 0 Å². The molecule has 3 rings (SSSR count). The molecule has 14 heavy (non-hydrogen) atoms. The average Bonchev–Trinajstić information content (AvgIpc) is 2.76. The third-order valence-corrected chi connectivity index (χ3v) is 2.96. The minimum atomic E-state index is -0.310. The fourth-order valence-electron chi connectivity index (χ4n) is 2.37. The summed E-state index contributed by atoms with van der Waals surface area (Å²) in [5.41, 5.74) is 2.23. The molecule has 0 aliphatic carbocycles. The van der Waals surface area contributed by atoms with Gasteiger partial charge < -0.3 is 9.47 Å². The summed E-state index contributed by atoms with van der Waals surface area (Å²) in [7, 11) is 1.71. The van der Waals surface area contributed by atoms with Crippen molar-refractivity contribution in [1.29, 1.82) is 0 Å². The highest BCUT2D eigenvalue weighted by Crippen LogP contribution is 2.49. The highest BCUT2D eigenvalue weighted by Gasteiger charge is 2.46. The minimum Gasteiger partial charge on any atom is -0.381 e. The summed E-state index contributed by atoms with van der Waals surface area (Å²) in [6.45, 7) is 0.594. The molecule has 2 atom stereocenters. The van der Waals surface area contributed by atoms with Crippen LogP contribution in [0.15, 0.2) is 36.4 Å². The molecule has 0 fully saturated rings. The molecule has 2 bridgehead atoms. The fourth-order valence-corrected chi connectivity index (χ4v) is 2.37. The molecule has 72 valence electrons. The van der Waals surface area contributed by atoms with Gasteiger partial charge in [0.1, 0.15) is 11.7 Å². The van der Waals surface area contributed by atoms with Gasteiger partial charge in [-0.05, 0) is 17.2 Å². The van der Waals surface area contributed by atoms with Gasteiger partial charge in [-0.1, -0.05) is 30.3 Å². The Morgan fingerprint density at radius 2 is 2.29 bits per heavy atom. The summed E-state index contributed by atoms with van der Waals surface area (Å²) in [4.78, 5) is 0. The van der Waals surface area contributed by atoms with E-state index in [4.69, 9.17) is 9.47 Å². The Balaban J connectivity index is 2.14. The maximum Gasteiger partial charge on any atom is 0.136 e. The summed E-state index contributed by atoms with van der Waals surface area (Å²) < 4.78 is 11.2. The van der Waals surface area contributed by atoms with Crippen molar-refractivity contribution in [1.82, 2.24) is 0 Å². The van der Waals surface area contributed by atoms with Crippen molar-refractivity contribution in [3.63, 3.8) is 0 Å². The Hall–Kier alpha value is -1.12. The molecule has 2 heteroatoms. The zero-order valence-electron chi connectivity index (χ0n) is 8.07. The van der Waals surface area contributed by atoms with Gasteiger partial charge in [-0.3, -0.25) is 0 Å². The molecule has 0 aromatic heterocycles. The number of benzene rings is 1. The molecule has 1 aromatic carbocycles. The molecule has 0 N–H and O–H groups in total. The van der Waals surface area contributed by atoms with Gasteiger partial charge in [-0.15, -0.1) is 0 Å². The van der Waals surface area contributed by atoms with Crippen molar-refractivity contribution >= 4 is 0 Å². The highest BCUT2D eigenvalue weighted by molar-refractivity contribution is 5.47. The highest BCUT2D eigenvalue weighted by atomic mass is 16.6. The van der Waals surface area contributed by atoms with E-state index in [9.17, 15) is 0 Å². The first kappa shape index (κ1) is 8.21. The number of hydrogen-bond acceptors (Lipinski definition) is 2. The molecular formula is C12H12O2. The number of hydrogen-bond donors (Lipinski definition) is 0. The van der Waals surface area contributed by atoms with E-state index in [1.54, 1.807) is 7.11 Å². The lowest BCUT2D eigenvalue weighted by molar-refractivity contribution is -0.0512. The summed E-state index contributed by atoms with van der Waals surface area (Å²) in [6.07, 6.45) is 4.37. The van der Waals surface area contributed by atoms with Crippen molar-refractivity contribution in [2.75, 3.05) is 13.7 Å². The number of fused-ring (bicyclic) bond motifs is 5. The van der Waals surface area contributed by atoms with Crippen LogP contribution in [0.1, 0.15) is 17.2 Å². The first-order chi connectivity index (χ1) is 6.86. The van der Waals surface area contributed by atoms with Crippen molar-refractivity contribution in [2.24, 2.45) is 0 Å². The zero-order chi connectivity index (χ0) is 9.60. The quantitative estimate of drug-likeness (QED) is 0.662. The van der Waals surface area contributed by atoms with E-state index >= 15 is 0 Å². The molecule has 2 aliphatic rings. The lowest BCUT2D eigenvalue weighted by Crippen LogP contribution is -2.26. The van der Waals surface area contributed by atoms with E-state index in [1.165, 1.54) is 11.1 Å². The van der Waals surface area contributed by atoms with Crippen molar-refractivity contribution < 1.29 is 9.47 Å². The van der Waals surface area contributed by atoms with Crippen LogP contribution in [0, 0.1) is 0 Å². The second-order valence-electron chi connectivity index (χ2n) is 3.81. The van der Waals surface area contributed by atoms with E-state index in [2.05, 4.69) is 30.4 Å². The summed E-state index contributed by atoms with van der Waals surface area (Å²) in [5, 5.41) is 0. The van der Waals surface area contributed by atoms with Crippen LogP contribution in [0.5, 0.6) is 0 Å². The number of ether oxygens (including phenoxy) is 2. The molecular weight excluding hydrogens is 176 g/mol. The van der Waals surface area contributed by atoms with E-state index in [0.717, 1.165) is 0 Å². The molecule has 2 aliphatic heterocycles. The second-order valence-corrected chi connectivity index (χ2v) is 3.81. The summed E-state index contributed by atoms with van der Waals surface area (Å²) in [5.74, 6) is 0. The first-order valence-corrected chi connectivity index (χ1v) is 4.81. The van der Waals surface area contributed by atoms with E-state index in [-0.39, 0.29) is 11.7 Å². The monoisotopic (exact) mass is 188 g/mol. The predicted molar refractivity (Wildman–Crippen MR) is 53.0 cm³/mol. The molecule has 2 heterocycles. The maximum atomic E-state index is 5.93. The number of methoxy groups -OCH3 is 1. The molecule has 0 saturated carbocycles. The topological polar surface area (TPSA) is 18.5 Å². The predicted octanol–water partition coefficient (Wildman–Crippen LogP) is 2.17. The average molecular weight is 188 g/mol. The van der Waals surface area contributed by atoms with Crippen LogP contribution in [0.3, 0.4) is 0 Å². The SMILES string of the molecule is COC[C@]12C=C[C@H](O1)c1ccccc12. The smallest absolute Gasteiger partial charge is 0.136 e. The fraction of sp³-hybridized carbons (Fsp3) is 0.333. The molecule has 2 nitrogen and oxygen atoms in total. The van der Waals surface area contributed by atoms with Crippen LogP contribution in [-0.4, -0.2) is 13.7 Å². The van der Waals surface area contributed by atoms with Crippen molar-refractivity contribution in [2.45, 2.75) is 11.7 Å². The maximum absolute atomic E-state index is 5.93. The largest absolute Gasteiger partial charge is 0.381 e. The zero-order valence-corrected chi connectivity index (χ0v) is 8.07. The Kier molecular flexibility index (Phi) is 1.58. The third kappa shape index (κ3) is 0.873. The van der Waals surface area contributed by atoms with Crippen LogP contribution in [-0.2, 0) is 15.1 Å². The Labute approximate surface area is 83.1 Å². The van der Waals surface area contributed by atoms with Gasteiger partial charge >= 0.3 is 0 Å². The van der Waals surface area contributed by atoms with Gasteiger partial charge in [-0.25, -0.2) is 0 Å². The third-order valence-electron chi connectivity index (χ3n) is 2.96. The van der Waals surface area contributed by atoms with Gasteiger partial charge in [0, 0.05) is 7.11 Å². The number of rotatable bonds is 2. The van der Waals surface area contributed by atoms with Crippen LogP contribution in [0.2, 0.25) is 0 Å². The van der Waals surface area contributed by atoms with Gasteiger partial charge in [0.2, 0.25) is 0 Å². The summed E-state index contributed by atoms with van der Waals surface area (Å²) >= 11 is 0. The molecule has 0 spiro atoms. The van der Waals surface area contributed by atoms with Crippen molar-refractivity contribution in [3.8, 4) is 0 Å². The molecule has 0 radical (unpaired) electrons. The van der Waals surface area contributed by atoms with Crippen LogP contribution >= 0.6 is 0 Å². The van der Waals surface area contributed by atoms with E-state index in [0.29, 0.717) is 6.61 Å².